The summed E-state index contributed by atoms with van der Waals surface area (Å²) in [4.78, 5) is 18.4. The first-order chi connectivity index (χ1) is 7.84. The number of aryl methyl sites for hydroxylation is 2. The third-order valence-electron chi connectivity index (χ3n) is 2.54. The van der Waals surface area contributed by atoms with Crippen LogP contribution >= 0.6 is 0 Å². The van der Waals surface area contributed by atoms with E-state index in [-0.39, 0.29) is 11.8 Å². The molecule has 0 atom stereocenters. The van der Waals surface area contributed by atoms with Crippen molar-refractivity contribution in [3.05, 3.63) is 29.5 Å². The van der Waals surface area contributed by atoms with E-state index < -0.39 is 0 Å². The van der Waals surface area contributed by atoms with E-state index in [2.05, 4.69) is 18.8 Å². The zero-order chi connectivity index (χ0) is 13.2. The summed E-state index contributed by atoms with van der Waals surface area (Å²) in [6.07, 6.45) is 3.34. The third-order valence-corrected chi connectivity index (χ3v) is 2.54. The van der Waals surface area contributed by atoms with Gasteiger partial charge in [-0.15, -0.1) is 0 Å². The predicted molar refractivity (Wildman–Crippen MR) is 69.2 cm³/mol. The fourth-order valence-corrected chi connectivity index (χ4v) is 1.91. The normalized spacial score (nSPS) is 11.5. The zero-order valence-corrected chi connectivity index (χ0v) is 11.5. The molecule has 1 heterocycles. The molecule has 4 nitrogen and oxygen atoms in total. The highest BCUT2D eigenvalue weighted by atomic mass is 16.1. The Balaban J connectivity index is 3.17. The summed E-state index contributed by atoms with van der Waals surface area (Å²) in [6.45, 7) is 7.92. The number of hydrogen-bond acceptors (Lipinski definition) is 3. The Morgan fingerprint density at radius 2 is 1.94 bits per heavy atom. The van der Waals surface area contributed by atoms with Gasteiger partial charge in [0.15, 0.2) is 0 Å². The molecule has 0 unspecified atom stereocenters. The van der Waals surface area contributed by atoms with Crippen molar-refractivity contribution >= 4 is 5.78 Å². The van der Waals surface area contributed by atoms with Gasteiger partial charge in [0.25, 0.3) is 0 Å². The number of carbonyl (C=O) groups excluding carboxylic acids is 1. The molecular formula is C13H21N3O. The van der Waals surface area contributed by atoms with Crippen LogP contribution in [0.25, 0.3) is 0 Å². The molecular weight excluding hydrogens is 214 g/mol. The maximum absolute atomic E-state index is 12.1. The van der Waals surface area contributed by atoms with Crippen LogP contribution in [0.15, 0.2) is 12.3 Å². The molecule has 0 aromatic carbocycles. The molecule has 0 spiro atoms. The van der Waals surface area contributed by atoms with Gasteiger partial charge in [0.2, 0.25) is 5.78 Å². The van der Waals surface area contributed by atoms with Gasteiger partial charge in [0.05, 0.1) is 5.69 Å². The molecule has 0 bridgehead atoms. The number of carbonyl (C=O) groups is 1. The minimum Gasteiger partial charge on any atom is -0.383 e. The molecule has 0 aliphatic heterocycles. The summed E-state index contributed by atoms with van der Waals surface area (Å²) in [6, 6.07) is 0.239. The van der Waals surface area contributed by atoms with Crippen LogP contribution in [0.5, 0.6) is 0 Å². The van der Waals surface area contributed by atoms with E-state index in [0.29, 0.717) is 5.69 Å². The minimum atomic E-state index is 0.00509. The average Bonchev–Trinajstić information content (AvgIpc) is 2.49. The Bertz CT molecular complexity index is 442. The second kappa shape index (κ2) is 5.17. The van der Waals surface area contributed by atoms with Crippen molar-refractivity contribution in [1.82, 2.24) is 14.5 Å². The van der Waals surface area contributed by atoms with Crippen LogP contribution in [0.3, 0.4) is 0 Å². The Hall–Kier alpha value is -1.58. The van der Waals surface area contributed by atoms with Crippen LogP contribution in [0.1, 0.15) is 41.9 Å². The molecule has 0 aliphatic rings. The largest absolute Gasteiger partial charge is 0.383 e. The molecule has 0 N–H and O–H groups in total. The molecule has 0 fully saturated rings. The first kappa shape index (κ1) is 13.5. The van der Waals surface area contributed by atoms with Gasteiger partial charge in [-0.05, 0) is 27.7 Å². The second-order valence-corrected chi connectivity index (χ2v) is 4.70. The zero-order valence-electron chi connectivity index (χ0n) is 11.5. The monoisotopic (exact) mass is 235 g/mol. The van der Waals surface area contributed by atoms with Gasteiger partial charge in [0, 0.05) is 32.4 Å². The van der Waals surface area contributed by atoms with Gasteiger partial charge in [-0.2, -0.15) is 0 Å². The number of ketones is 1. The number of aromatic nitrogens is 2. The molecule has 1 aromatic heterocycles. The van der Waals surface area contributed by atoms with Crippen molar-refractivity contribution in [2.75, 3.05) is 14.1 Å². The summed E-state index contributed by atoms with van der Waals surface area (Å²) in [5.41, 5.74) is 1.49. The topological polar surface area (TPSA) is 38.1 Å². The van der Waals surface area contributed by atoms with Crippen molar-refractivity contribution in [3.63, 3.8) is 0 Å². The molecule has 0 saturated carbocycles. The molecule has 1 aromatic rings. The van der Waals surface area contributed by atoms with E-state index in [4.69, 9.17) is 0 Å². The molecule has 1 rings (SSSR count). The van der Waals surface area contributed by atoms with Gasteiger partial charge in [-0.1, -0.05) is 0 Å². The van der Waals surface area contributed by atoms with E-state index in [0.717, 1.165) is 11.5 Å². The second-order valence-electron chi connectivity index (χ2n) is 4.70. The highest BCUT2D eigenvalue weighted by Gasteiger charge is 2.18. The quantitative estimate of drug-likeness (QED) is 0.594. The maximum atomic E-state index is 12.1. The van der Waals surface area contributed by atoms with E-state index in [1.165, 1.54) is 0 Å². The van der Waals surface area contributed by atoms with Crippen LogP contribution < -0.4 is 0 Å². The van der Waals surface area contributed by atoms with Crippen molar-refractivity contribution in [2.24, 2.45) is 0 Å². The highest BCUT2D eigenvalue weighted by molar-refractivity contribution is 6.04. The van der Waals surface area contributed by atoms with Crippen molar-refractivity contribution in [3.8, 4) is 0 Å². The maximum Gasteiger partial charge on any atom is 0.205 e. The van der Waals surface area contributed by atoms with Crippen LogP contribution in [0, 0.1) is 13.8 Å². The molecule has 0 amide bonds. The Morgan fingerprint density at radius 1 is 1.35 bits per heavy atom. The lowest BCUT2D eigenvalue weighted by Crippen LogP contribution is -2.13. The van der Waals surface area contributed by atoms with Crippen molar-refractivity contribution < 1.29 is 4.79 Å². The summed E-state index contributed by atoms with van der Waals surface area (Å²) >= 11 is 0. The van der Waals surface area contributed by atoms with Gasteiger partial charge < -0.3 is 9.47 Å². The van der Waals surface area contributed by atoms with Crippen molar-refractivity contribution in [2.45, 2.75) is 33.7 Å². The number of rotatable bonds is 4. The molecule has 17 heavy (non-hydrogen) atoms. The first-order valence-corrected chi connectivity index (χ1v) is 5.79. The van der Waals surface area contributed by atoms with E-state index >= 15 is 0 Å². The van der Waals surface area contributed by atoms with E-state index in [1.54, 1.807) is 12.3 Å². The number of nitrogens with zero attached hydrogens (tertiary/aromatic N) is 3. The predicted octanol–water partition coefficient (Wildman–Crippen LogP) is 2.34. The van der Waals surface area contributed by atoms with Crippen LogP contribution in [0.2, 0.25) is 0 Å². The first-order valence-electron chi connectivity index (χ1n) is 5.79. The highest BCUT2D eigenvalue weighted by Crippen LogP contribution is 2.18. The smallest absolute Gasteiger partial charge is 0.205 e. The van der Waals surface area contributed by atoms with Gasteiger partial charge in [0.1, 0.15) is 11.5 Å². The lowest BCUT2D eigenvalue weighted by molar-refractivity contribution is 0.103. The number of imidazole rings is 1. The van der Waals surface area contributed by atoms with Crippen LogP contribution in [-0.4, -0.2) is 34.3 Å². The summed E-state index contributed by atoms with van der Waals surface area (Å²) < 4.78 is 1.98. The molecule has 94 valence electrons. The van der Waals surface area contributed by atoms with E-state index in [1.807, 2.05) is 37.4 Å². The Labute approximate surface area is 103 Å². The minimum absolute atomic E-state index is 0.00509. The molecule has 0 aliphatic carbocycles. The van der Waals surface area contributed by atoms with Gasteiger partial charge in [-0.25, -0.2) is 4.98 Å². The fraction of sp³-hybridized carbons (Fsp3) is 0.538. The summed E-state index contributed by atoms with van der Waals surface area (Å²) in [7, 11) is 3.78. The Kier molecular flexibility index (Phi) is 4.10. The average molecular weight is 235 g/mol. The Morgan fingerprint density at radius 3 is 2.41 bits per heavy atom. The van der Waals surface area contributed by atoms with E-state index in [9.17, 15) is 4.79 Å². The van der Waals surface area contributed by atoms with Crippen LogP contribution in [0.4, 0.5) is 0 Å². The molecule has 0 radical (unpaired) electrons. The molecule has 4 heteroatoms. The van der Waals surface area contributed by atoms with Gasteiger partial charge >= 0.3 is 0 Å². The third kappa shape index (κ3) is 2.96. The summed E-state index contributed by atoms with van der Waals surface area (Å²) in [5, 5.41) is 0. The fourth-order valence-electron chi connectivity index (χ4n) is 1.91. The standard InChI is InChI=1S/C13H21N3O/c1-9(2)16-11(4)14-10(3)13(16)12(17)7-8-15(5)6/h7-9H,1-6H3. The SMILES string of the molecule is Cc1nc(C)n(C(C)C)c1C(=O)C=CN(C)C. The van der Waals surface area contributed by atoms with Gasteiger partial charge in [-0.3, -0.25) is 4.79 Å². The van der Waals surface area contributed by atoms with Crippen LogP contribution in [-0.2, 0) is 0 Å². The number of hydrogen-bond donors (Lipinski definition) is 0. The molecule has 0 saturated heterocycles. The number of allylic oxidation sites excluding steroid dienone is 1. The lowest BCUT2D eigenvalue weighted by atomic mass is 10.2. The summed E-state index contributed by atoms with van der Waals surface area (Å²) in [5.74, 6) is 0.893. The lowest BCUT2D eigenvalue weighted by Gasteiger charge is -2.13. The van der Waals surface area contributed by atoms with Crippen molar-refractivity contribution in [1.29, 1.82) is 0 Å².